The zero-order valence-electron chi connectivity index (χ0n) is 12.3. The maximum absolute atomic E-state index is 5.10. The van der Waals surface area contributed by atoms with E-state index in [0.29, 0.717) is 5.92 Å². The van der Waals surface area contributed by atoms with Crippen LogP contribution in [0, 0.1) is 5.92 Å². The van der Waals surface area contributed by atoms with Crippen molar-refractivity contribution < 1.29 is 4.74 Å². The predicted octanol–water partition coefficient (Wildman–Crippen LogP) is 4.15. The minimum Gasteiger partial charge on any atom is -0.383 e. The van der Waals surface area contributed by atoms with E-state index in [-0.39, 0.29) is 0 Å². The largest absolute Gasteiger partial charge is 0.383 e. The van der Waals surface area contributed by atoms with Crippen LogP contribution in [-0.2, 0) is 17.6 Å². The van der Waals surface area contributed by atoms with Crippen LogP contribution in [0.5, 0.6) is 0 Å². The summed E-state index contributed by atoms with van der Waals surface area (Å²) >= 11 is 5.38. The summed E-state index contributed by atoms with van der Waals surface area (Å²) in [6.45, 7) is 2.70. The summed E-state index contributed by atoms with van der Waals surface area (Å²) in [6.07, 6.45) is 2.22. The van der Waals surface area contributed by atoms with E-state index in [2.05, 4.69) is 63.7 Å². The number of nitrogens with one attached hydrogen (secondary N) is 1. The van der Waals surface area contributed by atoms with Crippen LogP contribution in [0.2, 0.25) is 0 Å². The zero-order chi connectivity index (χ0) is 14.9. The van der Waals surface area contributed by atoms with Crippen molar-refractivity contribution in [3.8, 4) is 0 Å². The lowest BCUT2D eigenvalue weighted by Crippen LogP contribution is -2.28. The van der Waals surface area contributed by atoms with Gasteiger partial charge in [0.15, 0.2) is 0 Å². The van der Waals surface area contributed by atoms with E-state index in [1.807, 2.05) is 11.3 Å². The molecule has 1 unspecified atom stereocenters. The molecule has 1 N–H and O–H groups in total. The van der Waals surface area contributed by atoms with Gasteiger partial charge in [-0.2, -0.15) is 0 Å². The fraction of sp³-hybridized carbons (Fsp3) is 0.412. The fourth-order valence-corrected chi connectivity index (χ4v) is 3.99. The third-order valence-corrected chi connectivity index (χ3v) is 5.05. The lowest BCUT2D eigenvalue weighted by atomic mass is 9.95. The average Bonchev–Trinajstić information content (AvgIpc) is 2.90. The molecular weight excluding hydrogens is 346 g/mol. The van der Waals surface area contributed by atoms with Crippen LogP contribution >= 0.6 is 27.3 Å². The Bertz CT molecular complexity index is 515. The normalized spacial score (nSPS) is 12.5. The Kier molecular flexibility index (Phi) is 7.44. The van der Waals surface area contributed by atoms with E-state index in [4.69, 9.17) is 4.74 Å². The first-order valence-corrected chi connectivity index (χ1v) is 8.86. The van der Waals surface area contributed by atoms with Gasteiger partial charge in [0.2, 0.25) is 0 Å². The lowest BCUT2D eigenvalue weighted by molar-refractivity contribution is 0.197. The summed E-state index contributed by atoms with van der Waals surface area (Å²) in [5.74, 6) is 0.606. The number of thiophene rings is 1. The van der Waals surface area contributed by atoms with Gasteiger partial charge >= 0.3 is 0 Å². The topological polar surface area (TPSA) is 21.3 Å². The fourth-order valence-electron chi connectivity index (χ4n) is 2.39. The van der Waals surface area contributed by atoms with Crippen LogP contribution in [0.15, 0.2) is 46.3 Å². The van der Waals surface area contributed by atoms with Crippen molar-refractivity contribution in [2.75, 3.05) is 26.8 Å². The molecule has 21 heavy (non-hydrogen) atoms. The van der Waals surface area contributed by atoms with Gasteiger partial charge in [0.05, 0.1) is 10.4 Å². The summed E-state index contributed by atoms with van der Waals surface area (Å²) in [4.78, 5) is 1.44. The molecule has 4 heteroatoms. The molecule has 2 aromatic rings. The molecule has 0 saturated carbocycles. The summed E-state index contributed by atoms with van der Waals surface area (Å²) in [6, 6.07) is 15.1. The van der Waals surface area contributed by atoms with Gasteiger partial charge in [-0.25, -0.2) is 0 Å². The van der Waals surface area contributed by atoms with E-state index in [0.717, 1.165) is 32.5 Å². The van der Waals surface area contributed by atoms with Gasteiger partial charge in [-0.15, -0.1) is 11.3 Å². The maximum Gasteiger partial charge on any atom is 0.0701 e. The molecule has 1 heterocycles. The summed E-state index contributed by atoms with van der Waals surface area (Å²) < 4.78 is 6.31. The Morgan fingerprint density at radius 3 is 2.62 bits per heavy atom. The van der Waals surface area contributed by atoms with Crippen molar-refractivity contribution in [2.24, 2.45) is 5.92 Å². The maximum atomic E-state index is 5.10. The molecule has 114 valence electrons. The first-order chi connectivity index (χ1) is 10.3. The second-order valence-electron chi connectivity index (χ2n) is 5.16. The smallest absolute Gasteiger partial charge is 0.0701 e. The van der Waals surface area contributed by atoms with Gasteiger partial charge in [-0.3, -0.25) is 0 Å². The molecule has 1 aromatic heterocycles. The van der Waals surface area contributed by atoms with E-state index >= 15 is 0 Å². The molecule has 0 spiro atoms. The van der Waals surface area contributed by atoms with Crippen LogP contribution in [0.3, 0.4) is 0 Å². The van der Waals surface area contributed by atoms with Crippen LogP contribution < -0.4 is 5.32 Å². The SMILES string of the molecule is COCCNCC(Cc1ccccc1)Cc1ccc(Br)s1. The highest BCUT2D eigenvalue weighted by molar-refractivity contribution is 9.11. The van der Waals surface area contributed by atoms with Crippen LogP contribution in [0.1, 0.15) is 10.4 Å². The second kappa shape index (κ2) is 9.36. The molecule has 0 bridgehead atoms. The number of hydrogen-bond donors (Lipinski definition) is 1. The van der Waals surface area contributed by atoms with Crippen molar-refractivity contribution in [1.29, 1.82) is 0 Å². The molecule has 1 atom stereocenters. The monoisotopic (exact) mass is 367 g/mol. The van der Waals surface area contributed by atoms with Gasteiger partial charge in [0.25, 0.3) is 0 Å². The standard InChI is InChI=1S/C17H22BrNOS/c1-20-10-9-19-13-15(11-14-5-3-2-4-6-14)12-16-7-8-17(18)21-16/h2-8,15,19H,9-13H2,1H3. The Labute approximate surface area is 139 Å². The van der Waals surface area contributed by atoms with E-state index < -0.39 is 0 Å². The molecule has 1 aromatic carbocycles. The summed E-state index contributed by atoms with van der Waals surface area (Å²) in [5.41, 5.74) is 1.41. The molecular formula is C17H22BrNOS. The van der Waals surface area contributed by atoms with Crippen molar-refractivity contribution in [1.82, 2.24) is 5.32 Å². The molecule has 0 amide bonds. The molecule has 0 aliphatic carbocycles. The van der Waals surface area contributed by atoms with Gasteiger partial charge in [-0.1, -0.05) is 30.3 Å². The Morgan fingerprint density at radius 2 is 1.95 bits per heavy atom. The number of ether oxygens (including phenoxy) is 1. The van der Waals surface area contributed by atoms with Crippen LogP contribution in [-0.4, -0.2) is 26.8 Å². The lowest BCUT2D eigenvalue weighted by Gasteiger charge is -2.17. The molecule has 0 aliphatic rings. The summed E-state index contributed by atoms with van der Waals surface area (Å²) in [7, 11) is 1.74. The highest BCUT2D eigenvalue weighted by Gasteiger charge is 2.12. The van der Waals surface area contributed by atoms with Gasteiger partial charge in [-0.05, 0) is 58.9 Å². The summed E-state index contributed by atoms with van der Waals surface area (Å²) in [5, 5.41) is 3.50. The first kappa shape index (κ1) is 16.7. The van der Waals surface area contributed by atoms with Gasteiger partial charge in [0, 0.05) is 18.5 Å². The van der Waals surface area contributed by atoms with E-state index in [1.54, 1.807) is 7.11 Å². The third-order valence-electron chi connectivity index (χ3n) is 3.40. The predicted molar refractivity (Wildman–Crippen MR) is 94.1 cm³/mol. The number of methoxy groups -OCH3 is 1. The molecule has 0 radical (unpaired) electrons. The average molecular weight is 368 g/mol. The molecule has 0 aliphatic heterocycles. The highest BCUT2D eigenvalue weighted by atomic mass is 79.9. The van der Waals surface area contributed by atoms with E-state index in [9.17, 15) is 0 Å². The molecule has 2 rings (SSSR count). The second-order valence-corrected chi connectivity index (χ2v) is 7.71. The Morgan fingerprint density at radius 1 is 1.14 bits per heavy atom. The van der Waals surface area contributed by atoms with E-state index in [1.165, 1.54) is 14.2 Å². The van der Waals surface area contributed by atoms with Crippen molar-refractivity contribution in [3.05, 3.63) is 56.7 Å². The number of halogens is 1. The van der Waals surface area contributed by atoms with Gasteiger partial charge in [0.1, 0.15) is 0 Å². The molecule has 2 nitrogen and oxygen atoms in total. The minimum absolute atomic E-state index is 0.606. The molecule has 0 fully saturated rings. The number of hydrogen-bond acceptors (Lipinski definition) is 3. The van der Waals surface area contributed by atoms with Gasteiger partial charge < -0.3 is 10.1 Å². The first-order valence-electron chi connectivity index (χ1n) is 7.25. The quantitative estimate of drug-likeness (QED) is 0.672. The van der Waals surface area contributed by atoms with Crippen molar-refractivity contribution in [2.45, 2.75) is 12.8 Å². The number of rotatable bonds is 9. The van der Waals surface area contributed by atoms with Crippen LogP contribution in [0.25, 0.3) is 0 Å². The Balaban J connectivity index is 1.92. The molecule has 0 saturated heterocycles. The Hall–Kier alpha value is -0.680. The minimum atomic E-state index is 0.606. The highest BCUT2D eigenvalue weighted by Crippen LogP contribution is 2.25. The van der Waals surface area contributed by atoms with Crippen molar-refractivity contribution in [3.63, 3.8) is 0 Å². The van der Waals surface area contributed by atoms with Crippen LogP contribution in [0.4, 0.5) is 0 Å². The zero-order valence-corrected chi connectivity index (χ0v) is 14.8. The third kappa shape index (κ3) is 6.30. The number of benzene rings is 1. The van der Waals surface area contributed by atoms with Crippen molar-refractivity contribution >= 4 is 27.3 Å².